The summed E-state index contributed by atoms with van der Waals surface area (Å²) in [5.74, 6) is -0.422. The number of hydrogen-bond donors (Lipinski definition) is 0. The molecule has 1 unspecified atom stereocenters. The summed E-state index contributed by atoms with van der Waals surface area (Å²) in [6.07, 6.45) is 1.29. The number of rotatable bonds is 7. The molecule has 0 aliphatic heterocycles. The van der Waals surface area contributed by atoms with Crippen LogP contribution in [0.15, 0.2) is 40.1 Å². The molecule has 0 amide bonds. The molecule has 0 saturated heterocycles. The number of benzene rings is 1. The van der Waals surface area contributed by atoms with Crippen molar-refractivity contribution in [2.24, 2.45) is 14.1 Å². The van der Waals surface area contributed by atoms with E-state index in [1.165, 1.54) is 23.7 Å². The first-order chi connectivity index (χ1) is 16.1. The fourth-order valence-corrected chi connectivity index (χ4v) is 4.95. The summed E-state index contributed by atoms with van der Waals surface area (Å²) < 4.78 is 30.9. The minimum atomic E-state index is -2.07. The minimum absolute atomic E-state index is 0.0175. The van der Waals surface area contributed by atoms with Crippen molar-refractivity contribution in [1.29, 1.82) is 0 Å². The molecule has 0 N–H and O–H groups in total. The minimum Gasteiger partial charge on any atom is -0.480 e. The molecule has 1 aromatic carbocycles. The zero-order valence-corrected chi connectivity index (χ0v) is 23.5. The van der Waals surface area contributed by atoms with Gasteiger partial charge in [-0.3, -0.25) is 13.9 Å². The average molecular weight is 520 g/mol. The van der Waals surface area contributed by atoms with E-state index < -0.39 is 31.5 Å². The maximum atomic E-state index is 14.2. The van der Waals surface area contributed by atoms with Gasteiger partial charge in [-0.1, -0.05) is 32.9 Å². The number of nitrogens with zero attached hydrogens (tertiary/aromatic N) is 3. The number of halogens is 1. The summed E-state index contributed by atoms with van der Waals surface area (Å²) in [4.78, 5) is 25.8. The van der Waals surface area contributed by atoms with E-state index in [9.17, 15) is 14.0 Å². The highest BCUT2D eigenvalue weighted by atomic mass is 32.1. The predicted octanol–water partition coefficient (Wildman–Crippen LogP) is 4.60. The van der Waals surface area contributed by atoms with Gasteiger partial charge in [0.15, 0.2) is 13.4 Å². The molecule has 0 saturated carbocycles. The van der Waals surface area contributed by atoms with E-state index in [0.29, 0.717) is 40.4 Å². The van der Waals surface area contributed by atoms with Gasteiger partial charge < -0.3 is 13.7 Å². The first-order valence-electron chi connectivity index (χ1n) is 11.5. The molecule has 0 spiro atoms. The number of hydrogen-bond acceptors (Lipinski definition) is 5. The molecule has 0 aliphatic rings. The van der Waals surface area contributed by atoms with Gasteiger partial charge in [0.05, 0.1) is 29.7 Å². The highest BCUT2D eigenvalue weighted by Crippen LogP contribution is 2.37. The van der Waals surface area contributed by atoms with E-state index in [0.717, 1.165) is 4.57 Å². The number of aryl methyl sites for hydroxylation is 1. The normalized spacial score (nSPS) is 13.3. The molecule has 2 aromatic heterocycles. The second-order valence-electron chi connectivity index (χ2n) is 10.4. The molecule has 0 aliphatic carbocycles. The summed E-state index contributed by atoms with van der Waals surface area (Å²) >= 11 is 5.23. The molecule has 1 atom stereocenters. The second kappa shape index (κ2) is 9.83. The molecule has 0 bridgehead atoms. The molecule has 7 nitrogen and oxygen atoms in total. The zero-order chi connectivity index (χ0) is 26.3. The van der Waals surface area contributed by atoms with Gasteiger partial charge in [-0.2, -0.15) is 0 Å². The Morgan fingerprint density at radius 3 is 2.40 bits per heavy atom. The highest BCUT2D eigenvalue weighted by molar-refractivity contribution is 7.80. The lowest BCUT2D eigenvalue weighted by atomic mass is 10.1. The maximum absolute atomic E-state index is 14.2. The van der Waals surface area contributed by atoms with Gasteiger partial charge in [-0.25, -0.2) is 9.18 Å². The molecular weight excluding hydrogens is 485 g/mol. The van der Waals surface area contributed by atoms with Crippen molar-refractivity contribution in [3.8, 4) is 11.3 Å². The molecule has 10 heteroatoms. The topological polar surface area (TPSA) is 67.4 Å². The van der Waals surface area contributed by atoms with E-state index in [1.807, 2.05) is 4.57 Å². The molecular formula is C25H34FN3O4SSi. The lowest BCUT2D eigenvalue weighted by molar-refractivity contribution is 0.0992. The third-order valence-electron chi connectivity index (χ3n) is 6.78. The van der Waals surface area contributed by atoms with E-state index in [1.54, 1.807) is 32.3 Å². The third kappa shape index (κ3) is 5.49. The number of ether oxygens (including phenoxy) is 1. The fourth-order valence-electron chi connectivity index (χ4n) is 3.78. The van der Waals surface area contributed by atoms with Crippen LogP contribution < -0.4 is 11.2 Å². The fraction of sp³-hybridized carbons (Fsp3) is 0.480. The second-order valence-corrected chi connectivity index (χ2v) is 15.8. The van der Waals surface area contributed by atoms with Crippen molar-refractivity contribution < 1.29 is 13.6 Å². The van der Waals surface area contributed by atoms with Crippen molar-refractivity contribution in [2.75, 3.05) is 6.61 Å². The molecule has 190 valence electrons. The summed E-state index contributed by atoms with van der Waals surface area (Å²) in [5.41, 5.74) is 0.620. The van der Waals surface area contributed by atoms with Gasteiger partial charge in [0.25, 0.3) is 5.56 Å². The van der Waals surface area contributed by atoms with Crippen molar-refractivity contribution in [3.63, 3.8) is 0 Å². The average Bonchev–Trinajstić information content (AvgIpc) is 3.12. The van der Waals surface area contributed by atoms with Crippen LogP contribution in [-0.4, -0.2) is 39.8 Å². The van der Waals surface area contributed by atoms with Gasteiger partial charge in [0.2, 0.25) is 0 Å². The molecule has 2 heterocycles. The van der Waals surface area contributed by atoms with Crippen LogP contribution in [0.25, 0.3) is 22.2 Å². The maximum Gasteiger partial charge on any atom is 0.330 e. The first-order valence-corrected chi connectivity index (χ1v) is 14.8. The van der Waals surface area contributed by atoms with Gasteiger partial charge in [0.1, 0.15) is 11.9 Å². The van der Waals surface area contributed by atoms with Gasteiger partial charge in [-0.15, -0.1) is 0 Å². The number of thiocarbonyl (C=S) groups is 1. The van der Waals surface area contributed by atoms with Crippen LogP contribution in [0.2, 0.25) is 18.1 Å². The Labute approximate surface area is 211 Å². The number of fused-ring (bicyclic) bond motifs is 1. The monoisotopic (exact) mass is 519 g/mol. The van der Waals surface area contributed by atoms with Crippen LogP contribution in [0.3, 0.4) is 0 Å². The Morgan fingerprint density at radius 2 is 1.83 bits per heavy atom. The summed E-state index contributed by atoms with van der Waals surface area (Å²) in [5, 5.41) is 0.730. The largest absolute Gasteiger partial charge is 0.480 e. The Morgan fingerprint density at radius 1 is 1.17 bits per heavy atom. The lowest BCUT2D eigenvalue weighted by Crippen LogP contribution is -2.43. The summed E-state index contributed by atoms with van der Waals surface area (Å²) in [6, 6.07) is 6.06. The van der Waals surface area contributed by atoms with Crippen LogP contribution in [-0.2, 0) is 29.8 Å². The van der Waals surface area contributed by atoms with Crippen molar-refractivity contribution in [2.45, 2.75) is 58.5 Å². The summed E-state index contributed by atoms with van der Waals surface area (Å²) in [7, 11) is 0.980. The van der Waals surface area contributed by atoms with Crippen LogP contribution >= 0.6 is 12.2 Å². The predicted molar refractivity (Wildman–Crippen MR) is 144 cm³/mol. The SMILES string of the molecule is CC(=S)OC(CO[Si](C)(C)C(C)(C)C)Cn1cc2c(c1-c1cccc(F)c1)c(=O)n(C)c(=O)n2C. The molecule has 35 heavy (non-hydrogen) atoms. The zero-order valence-electron chi connectivity index (χ0n) is 21.6. The highest BCUT2D eigenvalue weighted by Gasteiger charge is 2.38. The standard InChI is InChI=1S/C25H34FN3O4SSi/c1-16(34)33-19(15-32-35(7,8)25(2,3)4)13-29-14-20-21(23(30)28(6)24(31)27(20)5)22(29)17-10-9-11-18(26)12-17/h9-12,14,19H,13,15H2,1-8H3. The quantitative estimate of drug-likeness (QED) is 0.337. The molecule has 3 rings (SSSR count). The van der Waals surface area contributed by atoms with Crippen LogP contribution in [0.5, 0.6) is 0 Å². The van der Waals surface area contributed by atoms with Gasteiger partial charge in [-0.05, 0) is 42.5 Å². The van der Waals surface area contributed by atoms with Crippen LogP contribution in [0.4, 0.5) is 4.39 Å². The van der Waals surface area contributed by atoms with E-state index in [-0.39, 0.29) is 5.04 Å². The first kappa shape index (κ1) is 27.0. The van der Waals surface area contributed by atoms with E-state index in [4.69, 9.17) is 21.4 Å². The lowest BCUT2D eigenvalue weighted by Gasteiger charge is -2.37. The molecule has 0 fully saturated rings. The Bertz CT molecular complexity index is 1380. The number of aromatic nitrogens is 3. The van der Waals surface area contributed by atoms with Crippen molar-refractivity contribution in [1.82, 2.24) is 13.7 Å². The summed E-state index contributed by atoms with van der Waals surface area (Å²) in [6.45, 7) is 13.1. The molecule has 3 aromatic rings. The Balaban J connectivity index is 2.17. The van der Waals surface area contributed by atoms with Gasteiger partial charge >= 0.3 is 5.69 Å². The molecule has 0 radical (unpaired) electrons. The van der Waals surface area contributed by atoms with Gasteiger partial charge in [0, 0.05) is 32.8 Å². The van der Waals surface area contributed by atoms with Crippen LogP contribution in [0.1, 0.15) is 27.7 Å². The van der Waals surface area contributed by atoms with E-state index in [2.05, 4.69) is 33.9 Å². The third-order valence-corrected chi connectivity index (χ3v) is 11.4. The van der Waals surface area contributed by atoms with Crippen molar-refractivity contribution >= 4 is 36.5 Å². The van der Waals surface area contributed by atoms with E-state index >= 15 is 0 Å². The smallest absolute Gasteiger partial charge is 0.330 e. The Hall–Kier alpha value is -2.56. The Kier molecular flexibility index (Phi) is 7.59. The van der Waals surface area contributed by atoms with Crippen LogP contribution in [0, 0.1) is 5.82 Å². The van der Waals surface area contributed by atoms with Crippen molar-refractivity contribution in [3.05, 3.63) is 57.1 Å².